The summed E-state index contributed by atoms with van der Waals surface area (Å²) in [6.07, 6.45) is 0.138. The van der Waals surface area contributed by atoms with Crippen LogP contribution in [0.3, 0.4) is 0 Å². The SMILES string of the molecule is Cc1ccc(C(=O)CC(C)C#N)cc1F. The van der Waals surface area contributed by atoms with Crippen molar-refractivity contribution in [3.8, 4) is 6.07 Å². The van der Waals surface area contributed by atoms with Crippen molar-refractivity contribution >= 4 is 5.78 Å². The number of Topliss-reactive ketones (excluding diaryl/α,β-unsaturated/α-hetero) is 1. The zero-order valence-corrected chi connectivity index (χ0v) is 8.75. The van der Waals surface area contributed by atoms with Crippen molar-refractivity contribution < 1.29 is 9.18 Å². The Balaban J connectivity index is 2.84. The Kier molecular flexibility index (Phi) is 3.56. The number of nitrogens with zero attached hydrogens (tertiary/aromatic N) is 1. The van der Waals surface area contributed by atoms with Crippen LogP contribution in [0, 0.1) is 30.0 Å². The van der Waals surface area contributed by atoms with Crippen LogP contribution in [0.15, 0.2) is 18.2 Å². The molecule has 0 bridgehead atoms. The Morgan fingerprint density at radius 1 is 1.60 bits per heavy atom. The molecule has 0 saturated heterocycles. The number of benzene rings is 1. The first-order valence-corrected chi connectivity index (χ1v) is 4.73. The topological polar surface area (TPSA) is 40.9 Å². The summed E-state index contributed by atoms with van der Waals surface area (Å²) in [4.78, 5) is 11.6. The summed E-state index contributed by atoms with van der Waals surface area (Å²) in [5, 5.41) is 8.55. The van der Waals surface area contributed by atoms with Crippen molar-refractivity contribution in [2.75, 3.05) is 0 Å². The van der Waals surface area contributed by atoms with Crippen LogP contribution in [0.2, 0.25) is 0 Å². The standard InChI is InChI=1S/C12H12FNO/c1-8(7-14)5-12(15)10-4-3-9(2)11(13)6-10/h3-4,6,8H,5H2,1-2H3. The van der Waals surface area contributed by atoms with E-state index in [1.807, 2.05) is 6.07 Å². The predicted molar refractivity (Wildman–Crippen MR) is 54.9 cm³/mol. The first kappa shape index (κ1) is 11.4. The molecule has 15 heavy (non-hydrogen) atoms. The number of ketones is 1. The summed E-state index contributed by atoms with van der Waals surface area (Å²) in [5.74, 6) is -0.907. The summed E-state index contributed by atoms with van der Waals surface area (Å²) in [6.45, 7) is 3.31. The first-order valence-electron chi connectivity index (χ1n) is 4.73. The van der Waals surface area contributed by atoms with Gasteiger partial charge in [-0.2, -0.15) is 5.26 Å². The van der Waals surface area contributed by atoms with E-state index < -0.39 is 0 Å². The van der Waals surface area contributed by atoms with Gasteiger partial charge >= 0.3 is 0 Å². The molecule has 0 heterocycles. The van der Waals surface area contributed by atoms with Crippen LogP contribution in [-0.4, -0.2) is 5.78 Å². The number of halogens is 1. The Bertz CT molecular complexity index is 420. The zero-order chi connectivity index (χ0) is 11.4. The lowest BCUT2D eigenvalue weighted by molar-refractivity contribution is 0.0972. The molecule has 0 spiro atoms. The molecule has 0 N–H and O–H groups in total. The number of rotatable bonds is 3. The molecule has 1 aromatic carbocycles. The van der Waals surface area contributed by atoms with Crippen LogP contribution in [0.5, 0.6) is 0 Å². The minimum atomic E-state index is -0.384. The molecule has 1 aromatic rings. The van der Waals surface area contributed by atoms with Crippen molar-refractivity contribution in [2.45, 2.75) is 20.3 Å². The molecule has 0 saturated carbocycles. The fourth-order valence-corrected chi connectivity index (χ4v) is 1.21. The summed E-state index contributed by atoms with van der Waals surface area (Å²) in [5.41, 5.74) is 0.847. The van der Waals surface area contributed by atoms with E-state index in [1.165, 1.54) is 6.07 Å². The second kappa shape index (κ2) is 4.70. The van der Waals surface area contributed by atoms with Gasteiger partial charge in [-0.15, -0.1) is 0 Å². The highest BCUT2D eigenvalue weighted by Crippen LogP contribution is 2.13. The van der Waals surface area contributed by atoms with Gasteiger partial charge in [0.25, 0.3) is 0 Å². The van der Waals surface area contributed by atoms with Gasteiger partial charge in [-0.25, -0.2) is 4.39 Å². The molecule has 3 heteroatoms. The van der Waals surface area contributed by atoms with Crippen LogP contribution < -0.4 is 0 Å². The minimum Gasteiger partial charge on any atom is -0.294 e. The van der Waals surface area contributed by atoms with Gasteiger partial charge in [-0.1, -0.05) is 12.1 Å². The number of hydrogen-bond donors (Lipinski definition) is 0. The van der Waals surface area contributed by atoms with Crippen LogP contribution in [0.25, 0.3) is 0 Å². The zero-order valence-electron chi connectivity index (χ0n) is 8.75. The minimum absolute atomic E-state index is 0.138. The normalized spacial score (nSPS) is 11.9. The van der Waals surface area contributed by atoms with Crippen LogP contribution in [0.1, 0.15) is 29.3 Å². The largest absolute Gasteiger partial charge is 0.294 e. The average Bonchev–Trinajstić information content (AvgIpc) is 2.21. The molecule has 1 rings (SSSR count). The van der Waals surface area contributed by atoms with Gasteiger partial charge < -0.3 is 0 Å². The van der Waals surface area contributed by atoms with E-state index >= 15 is 0 Å². The summed E-state index contributed by atoms with van der Waals surface area (Å²) >= 11 is 0. The highest BCUT2D eigenvalue weighted by molar-refractivity contribution is 5.96. The van der Waals surface area contributed by atoms with Crippen molar-refractivity contribution in [3.05, 3.63) is 35.1 Å². The molecule has 1 unspecified atom stereocenters. The number of aryl methyl sites for hydroxylation is 1. The smallest absolute Gasteiger partial charge is 0.164 e. The van der Waals surface area contributed by atoms with E-state index in [0.717, 1.165) is 0 Å². The van der Waals surface area contributed by atoms with E-state index in [-0.39, 0.29) is 23.9 Å². The molecule has 1 atom stereocenters. The van der Waals surface area contributed by atoms with E-state index in [1.54, 1.807) is 26.0 Å². The van der Waals surface area contributed by atoms with Gasteiger partial charge in [0, 0.05) is 12.0 Å². The van der Waals surface area contributed by atoms with Crippen molar-refractivity contribution in [2.24, 2.45) is 5.92 Å². The summed E-state index contributed by atoms with van der Waals surface area (Å²) < 4.78 is 13.1. The molecule has 78 valence electrons. The summed E-state index contributed by atoms with van der Waals surface area (Å²) in [6, 6.07) is 6.36. The van der Waals surface area contributed by atoms with E-state index in [0.29, 0.717) is 11.1 Å². The van der Waals surface area contributed by atoms with Gasteiger partial charge in [-0.05, 0) is 25.5 Å². The Morgan fingerprint density at radius 3 is 2.80 bits per heavy atom. The number of carbonyl (C=O) groups is 1. The van der Waals surface area contributed by atoms with Crippen molar-refractivity contribution in [3.63, 3.8) is 0 Å². The molecule has 0 aromatic heterocycles. The van der Waals surface area contributed by atoms with Crippen LogP contribution >= 0.6 is 0 Å². The molecule has 0 radical (unpaired) electrons. The maximum absolute atomic E-state index is 13.1. The molecule has 0 aliphatic rings. The van der Waals surface area contributed by atoms with Crippen LogP contribution in [0.4, 0.5) is 4.39 Å². The van der Waals surface area contributed by atoms with E-state index in [9.17, 15) is 9.18 Å². The number of nitriles is 1. The van der Waals surface area contributed by atoms with Gasteiger partial charge in [0.05, 0.1) is 12.0 Å². The van der Waals surface area contributed by atoms with Gasteiger partial charge in [0.1, 0.15) is 5.82 Å². The lowest BCUT2D eigenvalue weighted by Crippen LogP contribution is -2.05. The van der Waals surface area contributed by atoms with Crippen molar-refractivity contribution in [1.29, 1.82) is 5.26 Å². The molecule has 2 nitrogen and oxygen atoms in total. The number of carbonyl (C=O) groups excluding carboxylic acids is 1. The van der Waals surface area contributed by atoms with Gasteiger partial charge in [0.2, 0.25) is 0 Å². The first-order chi connectivity index (χ1) is 7.04. The molecule has 0 fully saturated rings. The lowest BCUT2D eigenvalue weighted by atomic mass is 10.00. The highest BCUT2D eigenvalue weighted by Gasteiger charge is 2.11. The lowest BCUT2D eigenvalue weighted by Gasteiger charge is -2.03. The quantitative estimate of drug-likeness (QED) is 0.712. The third-order valence-corrected chi connectivity index (χ3v) is 2.21. The third kappa shape index (κ3) is 2.88. The summed E-state index contributed by atoms with van der Waals surface area (Å²) in [7, 11) is 0. The Hall–Kier alpha value is -1.69. The van der Waals surface area contributed by atoms with Crippen molar-refractivity contribution in [1.82, 2.24) is 0 Å². The molecule has 0 amide bonds. The van der Waals surface area contributed by atoms with Gasteiger partial charge in [0.15, 0.2) is 5.78 Å². The number of hydrogen-bond acceptors (Lipinski definition) is 2. The maximum atomic E-state index is 13.1. The van der Waals surface area contributed by atoms with Crippen LogP contribution in [-0.2, 0) is 0 Å². The fraction of sp³-hybridized carbons (Fsp3) is 0.333. The van der Waals surface area contributed by atoms with E-state index in [2.05, 4.69) is 0 Å². The molecule has 0 aliphatic heterocycles. The highest BCUT2D eigenvalue weighted by atomic mass is 19.1. The monoisotopic (exact) mass is 205 g/mol. The van der Waals surface area contributed by atoms with E-state index in [4.69, 9.17) is 5.26 Å². The van der Waals surface area contributed by atoms with Gasteiger partial charge in [-0.3, -0.25) is 4.79 Å². The maximum Gasteiger partial charge on any atom is 0.164 e. The average molecular weight is 205 g/mol. The third-order valence-electron chi connectivity index (χ3n) is 2.21. The molecular weight excluding hydrogens is 193 g/mol. The fourth-order valence-electron chi connectivity index (χ4n) is 1.21. The second-order valence-corrected chi connectivity index (χ2v) is 3.62. The molecule has 0 aliphatic carbocycles. The second-order valence-electron chi connectivity index (χ2n) is 3.62. The Labute approximate surface area is 88.3 Å². The molecular formula is C12H12FNO. The Morgan fingerprint density at radius 2 is 2.27 bits per heavy atom. The predicted octanol–water partition coefficient (Wildman–Crippen LogP) is 2.87.